The molecule has 2 aliphatic rings. The van der Waals surface area contributed by atoms with Gasteiger partial charge in [-0.15, -0.1) is 18.3 Å². The summed E-state index contributed by atoms with van der Waals surface area (Å²) >= 11 is 1.89. The second kappa shape index (κ2) is 3.91. The maximum absolute atomic E-state index is 12.4. The van der Waals surface area contributed by atoms with Crippen LogP contribution in [0, 0.1) is 0 Å². The van der Waals surface area contributed by atoms with Gasteiger partial charge >= 0.3 is 0 Å². The molecule has 3 heteroatoms. The average molecular weight is 245 g/mol. The summed E-state index contributed by atoms with van der Waals surface area (Å²) in [4.78, 5) is 14.3. The molecule has 0 saturated carbocycles. The first-order valence-corrected chi connectivity index (χ1v) is 6.94. The molecular formula is C14H15NOS. The monoisotopic (exact) mass is 245 g/mol. The predicted octanol–water partition coefficient (Wildman–Crippen LogP) is 3.01. The molecule has 1 atom stereocenters. The Bertz CT molecular complexity index is 485. The third kappa shape index (κ3) is 1.38. The summed E-state index contributed by atoms with van der Waals surface area (Å²) < 4.78 is 0. The molecule has 1 saturated heterocycles. The number of carbonyl (C=O) groups is 1. The van der Waals surface area contributed by atoms with Gasteiger partial charge in [0.2, 0.25) is 0 Å². The number of nitrogens with zero attached hydrogens (tertiary/aromatic N) is 1. The summed E-state index contributed by atoms with van der Waals surface area (Å²) in [5, 5.41) is 0. The Balaban J connectivity index is 2.18. The Hall–Kier alpha value is -1.22. The Morgan fingerprint density at radius 2 is 2.29 bits per heavy atom. The molecule has 1 aromatic carbocycles. The highest BCUT2D eigenvalue weighted by atomic mass is 32.2. The van der Waals surface area contributed by atoms with Crippen molar-refractivity contribution in [3.8, 4) is 0 Å². The van der Waals surface area contributed by atoms with E-state index < -0.39 is 0 Å². The van der Waals surface area contributed by atoms with Crippen LogP contribution in [0.1, 0.15) is 28.8 Å². The number of carbonyl (C=O) groups excluding carboxylic acids is 1. The number of benzene rings is 1. The van der Waals surface area contributed by atoms with E-state index in [1.165, 1.54) is 5.56 Å². The van der Waals surface area contributed by atoms with Gasteiger partial charge in [-0.25, -0.2) is 0 Å². The third-order valence-electron chi connectivity index (χ3n) is 3.55. The number of fused-ring (bicyclic) bond motifs is 3. The average Bonchev–Trinajstić information content (AvgIpc) is 2.62. The number of hydrogen-bond donors (Lipinski definition) is 0. The van der Waals surface area contributed by atoms with Crippen LogP contribution in [-0.4, -0.2) is 23.1 Å². The van der Waals surface area contributed by atoms with E-state index in [2.05, 4.69) is 12.6 Å². The van der Waals surface area contributed by atoms with Crippen molar-refractivity contribution in [1.82, 2.24) is 4.90 Å². The van der Waals surface area contributed by atoms with Gasteiger partial charge in [0, 0.05) is 24.1 Å². The van der Waals surface area contributed by atoms with Crippen LogP contribution in [0.3, 0.4) is 0 Å². The number of hydrogen-bond acceptors (Lipinski definition) is 2. The summed E-state index contributed by atoms with van der Waals surface area (Å²) in [5.74, 6) is 1.31. The lowest BCUT2D eigenvalue weighted by Crippen LogP contribution is -2.44. The lowest BCUT2D eigenvalue weighted by molar-refractivity contribution is 0.0683. The smallest absolute Gasteiger partial charge is 0.255 e. The van der Waals surface area contributed by atoms with Crippen molar-refractivity contribution < 1.29 is 4.79 Å². The van der Waals surface area contributed by atoms with Crippen LogP contribution in [0.25, 0.3) is 0 Å². The first kappa shape index (κ1) is 10.9. The van der Waals surface area contributed by atoms with Gasteiger partial charge in [0.1, 0.15) is 4.87 Å². The summed E-state index contributed by atoms with van der Waals surface area (Å²) in [7, 11) is 0. The van der Waals surface area contributed by atoms with Crippen LogP contribution in [0.2, 0.25) is 0 Å². The number of rotatable bonds is 2. The summed E-state index contributed by atoms with van der Waals surface area (Å²) in [6, 6.07) is 8.01. The van der Waals surface area contributed by atoms with E-state index in [1.54, 1.807) is 0 Å². The van der Waals surface area contributed by atoms with E-state index in [9.17, 15) is 4.79 Å². The van der Waals surface area contributed by atoms with Gasteiger partial charge < -0.3 is 4.90 Å². The number of amides is 1. The molecule has 1 aromatic rings. The number of thioether (sulfide) groups is 1. The molecular weight excluding hydrogens is 230 g/mol. The SMILES string of the molecule is C=CCC12SCCCN1C(=O)c1ccccc12. The molecule has 2 heterocycles. The fraction of sp³-hybridized carbons (Fsp3) is 0.357. The van der Waals surface area contributed by atoms with Crippen LogP contribution in [-0.2, 0) is 4.87 Å². The lowest BCUT2D eigenvalue weighted by Gasteiger charge is -2.41. The predicted molar refractivity (Wildman–Crippen MR) is 71.0 cm³/mol. The topological polar surface area (TPSA) is 20.3 Å². The summed E-state index contributed by atoms with van der Waals surface area (Å²) in [5.41, 5.74) is 2.05. The molecule has 1 unspecified atom stereocenters. The largest absolute Gasteiger partial charge is 0.319 e. The molecule has 17 heavy (non-hydrogen) atoms. The third-order valence-corrected chi connectivity index (χ3v) is 5.12. The molecule has 1 fully saturated rings. The van der Waals surface area contributed by atoms with Crippen LogP contribution >= 0.6 is 11.8 Å². The highest BCUT2D eigenvalue weighted by molar-refractivity contribution is 8.00. The van der Waals surface area contributed by atoms with Crippen LogP contribution in [0.15, 0.2) is 36.9 Å². The molecule has 0 aliphatic carbocycles. The first-order valence-electron chi connectivity index (χ1n) is 5.96. The highest BCUT2D eigenvalue weighted by Gasteiger charge is 2.50. The second-order valence-corrected chi connectivity index (χ2v) is 5.85. The molecule has 2 nitrogen and oxygen atoms in total. The Kier molecular flexibility index (Phi) is 2.51. The van der Waals surface area contributed by atoms with Crippen molar-refractivity contribution in [2.45, 2.75) is 17.7 Å². The van der Waals surface area contributed by atoms with E-state index in [1.807, 2.05) is 40.9 Å². The maximum Gasteiger partial charge on any atom is 0.255 e. The van der Waals surface area contributed by atoms with Gasteiger partial charge in [0.25, 0.3) is 5.91 Å². The quantitative estimate of drug-likeness (QED) is 0.746. The minimum Gasteiger partial charge on any atom is -0.319 e. The van der Waals surface area contributed by atoms with E-state index in [0.29, 0.717) is 0 Å². The molecule has 2 aliphatic heterocycles. The maximum atomic E-state index is 12.4. The van der Waals surface area contributed by atoms with E-state index >= 15 is 0 Å². The molecule has 3 rings (SSSR count). The van der Waals surface area contributed by atoms with Gasteiger partial charge in [-0.2, -0.15) is 0 Å². The molecule has 0 spiro atoms. The van der Waals surface area contributed by atoms with Crippen LogP contribution in [0.4, 0.5) is 0 Å². The van der Waals surface area contributed by atoms with Crippen molar-refractivity contribution in [1.29, 1.82) is 0 Å². The summed E-state index contributed by atoms with van der Waals surface area (Å²) in [6.07, 6.45) is 3.85. The Labute approximate surface area is 106 Å². The first-order chi connectivity index (χ1) is 8.29. The molecule has 1 amide bonds. The van der Waals surface area contributed by atoms with Gasteiger partial charge in [-0.3, -0.25) is 4.79 Å². The standard InChI is InChI=1S/C14H15NOS/c1-2-8-14-12-7-4-3-6-11(12)13(16)15(14)9-5-10-17-14/h2-4,6-7H,1,5,8-10H2. The van der Waals surface area contributed by atoms with E-state index in [-0.39, 0.29) is 10.8 Å². The molecule has 0 bridgehead atoms. The highest BCUT2D eigenvalue weighted by Crippen LogP contribution is 2.52. The fourth-order valence-electron chi connectivity index (χ4n) is 2.84. The molecule has 88 valence electrons. The van der Waals surface area contributed by atoms with Crippen molar-refractivity contribution >= 4 is 17.7 Å². The van der Waals surface area contributed by atoms with E-state index in [0.717, 1.165) is 30.7 Å². The minimum atomic E-state index is -0.173. The second-order valence-electron chi connectivity index (χ2n) is 4.48. The normalized spacial score (nSPS) is 26.6. The minimum absolute atomic E-state index is 0.173. The Morgan fingerprint density at radius 3 is 3.12 bits per heavy atom. The van der Waals surface area contributed by atoms with Crippen molar-refractivity contribution in [2.75, 3.05) is 12.3 Å². The Morgan fingerprint density at radius 1 is 1.47 bits per heavy atom. The van der Waals surface area contributed by atoms with Crippen molar-refractivity contribution in [3.05, 3.63) is 48.0 Å². The molecule has 0 aromatic heterocycles. The van der Waals surface area contributed by atoms with Gasteiger partial charge in [-0.1, -0.05) is 24.3 Å². The van der Waals surface area contributed by atoms with Gasteiger partial charge in [0.05, 0.1) is 0 Å². The zero-order valence-corrected chi connectivity index (χ0v) is 10.5. The van der Waals surface area contributed by atoms with Crippen LogP contribution in [0.5, 0.6) is 0 Å². The van der Waals surface area contributed by atoms with Crippen LogP contribution < -0.4 is 0 Å². The van der Waals surface area contributed by atoms with Crippen molar-refractivity contribution in [3.63, 3.8) is 0 Å². The fourth-order valence-corrected chi connectivity index (χ4v) is 4.35. The zero-order valence-electron chi connectivity index (χ0n) is 9.69. The summed E-state index contributed by atoms with van der Waals surface area (Å²) in [6.45, 7) is 4.73. The van der Waals surface area contributed by atoms with Gasteiger partial charge in [-0.05, 0) is 18.2 Å². The molecule has 0 N–H and O–H groups in total. The van der Waals surface area contributed by atoms with Crippen molar-refractivity contribution in [2.24, 2.45) is 0 Å². The lowest BCUT2D eigenvalue weighted by atomic mass is 10.0. The van der Waals surface area contributed by atoms with E-state index in [4.69, 9.17) is 0 Å². The zero-order chi connectivity index (χ0) is 11.9. The van der Waals surface area contributed by atoms with Gasteiger partial charge in [0.15, 0.2) is 0 Å². The molecule has 0 radical (unpaired) electrons.